The van der Waals surface area contributed by atoms with E-state index in [0.717, 1.165) is 18.2 Å². The molecule has 5 N–H and O–H groups in total. The number of aryl methyl sites for hydroxylation is 2. The second kappa shape index (κ2) is 25.7. The highest BCUT2D eigenvalue weighted by molar-refractivity contribution is 6.01. The number of hydrogen-bond acceptors (Lipinski definition) is 15. The molecule has 20 nitrogen and oxygen atoms in total. The van der Waals surface area contributed by atoms with Crippen LogP contribution in [0.2, 0.25) is 0 Å². The highest BCUT2D eigenvalue weighted by atomic mass is 16.6. The van der Waals surface area contributed by atoms with Gasteiger partial charge in [0.25, 0.3) is 0 Å². The van der Waals surface area contributed by atoms with E-state index in [-0.39, 0.29) is 71.6 Å². The van der Waals surface area contributed by atoms with Crippen LogP contribution < -0.4 is 26.0 Å². The van der Waals surface area contributed by atoms with Crippen LogP contribution in [0.3, 0.4) is 0 Å². The Morgan fingerprint density at radius 1 is 0.810 bits per heavy atom. The zero-order chi connectivity index (χ0) is 58.9. The first-order chi connectivity index (χ1) is 36.8. The van der Waals surface area contributed by atoms with Gasteiger partial charge < -0.3 is 50.2 Å². The molecular weight excluding hydrogens is 1010 g/mol. The third-order valence-electron chi connectivity index (χ3n) is 12.9. The van der Waals surface area contributed by atoms with Crippen molar-refractivity contribution in [2.75, 3.05) is 39.2 Å². The minimum Gasteiger partial charge on any atom is -0.505 e. The fourth-order valence-electron chi connectivity index (χ4n) is 9.09. The molecule has 0 fully saturated rings. The number of alkyl carbamates (subject to hydrolysis) is 2. The van der Waals surface area contributed by atoms with Crippen molar-refractivity contribution < 1.29 is 62.4 Å². The number of nitrogens with one attached hydrogen (secondary N) is 4. The summed E-state index contributed by atoms with van der Waals surface area (Å²) in [6.07, 6.45) is -2.57. The highest BCUT2D eigenvalue weighted by Crippen LogP contribution is 2.44. The van der Waals surface area contributed by atoms with Gasteiger partial charge in [-0.25, -0.2) is 24.4 Å². The van der Waals surface area contributed by atoms with Gasteiger partial charge in [-0.2, -0.15) is 0 Å². The number of benzene rings is 3. The number of nitrogens with zero attached hydrogens (tertiary/aromatic N) is 3. The number of phenolic OH excluding ortho intramolecular Hbond substituents is 1. The number of ether oxygens (including phenoxy) is 4. The molecule has 0 radical (unpaired) electrons. The molecule has 0 saturated heterocycles. The Morgan fingerprint density at radius 2 is 1.41 bits per heavy atom. The molecule has 3 aromatic carbocycles. The van der Waals surface area contributed by atoms with E-state index in [1.807, 2.05) is 24.3 Å². The Morgan fingerprint density at radius 3 is 1.96 bits per heavy atom. The summed E-state index contributed by atoms with van der Waals surface area (Å²) in [5, 5.41) is 22.6. The van der Waals surface area contributed by atoms with Crippen molar-refractivity contribution >= 4 is 53.1 Å². The summed E-state index contributed by atoms with van der Waals surface area (Å²) in [5.74, 6) is -5.95. The number of aromatic hydroxyl groups is 1. The van der Waals surface area contributed by atoms with Crippen LogP contribution >= 0.6 is 0 Å². The van der Waals surface area contributed by atoms with Gasteiger partial charge in [0, 0.05) is 68.3 Å². The number of phenols is 1. The predicted octanol–water partition coefficient (Wildman–Crippen LogP) is 8.41. The SMILES string of the molecule is COC(=O)[C@@H]1Cc2cc(NC(C)=O)c(O)c(c2)-c2cc(ccc2OCCNC(=O)OC(C)(C)C)[C@H](N(C)C(=O)[C@H](CCNC(=O)OC(C)(C)C)CC(=O)c2c(C)nc(-c3ccc(C(C)(C)C)cc3)nc2C)C(=O)C[C@@H](C)C(=O)N1. The number of aromatic nitrogens is 2. The van der Waals surface area contributed by atoms with Gasteiger partial charge in [-0.1, -0.05) is 58.0 Å². The maximum atomic E-state index is 15.3. The average Bonchev–Trinajstić information content (AvgIpc) is 3.35. The van der Waals surface area contributed by atoms with Crippen LogP contribution in [0.25, 0.3) is 22.5 Å². The minimum absolute atomic E-state index is 0.0281. The number of carbonyl (C=O) groups excluding carboxylic acids is 8. The van der Waals surface area contributed by atoms with Crippen LogP contribution in [0.5, 0.6) is 11.5 Å². The fraction of sp³-hybridized carbons (Fsp3) is 0.492. The van der Waals surface area contributed by atoms with E-state index in [2.05, 4.69) is 42.0 Å². The van der Waals surface area contributed by atoms with Crippen molar-refractivity contribution in [3.8, 4) is 34.0 Å². The molecule has 426 valence electrons. The predicted molar refractivity (Wildman–Crippen MR) is 296 cm³/mol. The Balaban J connectivity index is 1.65. The molecule has 4 bridgehead atoms. The molecule has 79 heavy (non-hydrogen) atoms. The van der Waals surface area contributed by atoms with E-state index in [0.29, 0.717) is 22.8 Å². The number of Topliss-reactive ketones (excluding diaryl/α,β-unsaturated/α-hetero) is 2. The van der Waals surface area contributed by atoms with Gasteiger partial charge in [0.15, 0.2) is 17.4 Å². The summed E-state index contributed by atoms with van der Waals surface area (Å²) in [7, 11) is 2.54. The van der Waals surface area contributed by atoms with E-state index in [1.165, 1.54) is 50.1 Å². The van der Waals surface area contributed by atoms with Crippen molar-refractivity contribution in [3.63, 3.8) is 0 Å². The van der Waals surface area contributed by atoms with E-state index in [9.17, 15) is 33.9 Å². The smallest absolute Gasteiger partial charge is 0.407 e. The lowest BCUT2D eigenvalue weighted by Gasteiger charge is -2.32. The van der Waals surface area contributed by atoms with Gasteiger partial charge in [-0.3, -0.25) is 24.0 Å². The topological polar surface area (TPSA) is 271 Å². The normalized spacial score (nSPS) is 16.3. The second-order valence-electron chi connectivity index (χ2n) is 22.9. The van der Waals surface area contributed by atoms with Crippen molar-refractivity contribution in [3.05, 3.63) is 88.2 Å². The number of ketones is 2. The zero-order valence-corrected chi connectivity index (χ0v) is 48.1. The molecule has 0 aliphatic carbocycles. The lowest BCUT2D eigenvalue weighted by Crippen LogP contribution is -2.46. The molecule has 0 spiro atoms. The number of carbonyl (C=O) groups is 8. The lowest BCUT2D eigenvalue weighted by atomic mass is 9.86. The average molecular weight is 1090 g/mol. The van der Waals surface area contributed by atoms with Crippen LogP contribution in [0.1, 0.15) is 140 Å². The van der Waals surface area contributed by atoms with Crippen LogP contribution in [0, 0.1) is 25.7 Å². The molecule has 0 saturated carbocycles. The lowest BCUT2D eigenvalue weighted by molar-refractivity contribution is -0.146. The Labute approximate surface area is 462 Å². The number of methoxy groups -OCH3 is 1. The monoisotopic (exact) mass is 1090 g/mol. The molecule has 5 amide bonds. The highest BCUT2D eigenvalue weighted by Gasteiger charge is 2.37. The van der Waals surface area contributed by atoms with E-state index >= 15 is 9.59 Å². The molecule has 4 atom stereocenters. The first-order valence-corrected chi connectivity index (χ1v) is 26.3. The Bertz CT molecular complexity index is 2930. The maximum absolute atomic E-state index is 15.3. The number of hydrogen-bond donors (Lipinski definition) is 5. The molecule has 1 aliphatic heterocycles. The summed E-state index contributed by atoms with van der Waals surface area (Å²) >= 11 is 0. The maximum Gasteiger partial charge on any atom is 0.407 e. The molecule has 1 aliphatic rings. The van der Waals surface area contributed by atoms with Crippen molar-refractivity contribution in [1.29, 1.82) is 0 Å². The molecule has 20 heteroatoms. The number of fused-ring (bicyclic) bond motifs is 5. The molecule has 5 rings (SSSR count). The van der Waals surface area contributed by atoms with Gasteiger partial charge in [0.2, 0.25) is 17.7 Å². The van der Waals surface area contributed by atoms with E-state index < -0.39 is 101 Å². The molecule has 2 heterocycles. The van der Waals surface area contributed by atoms with Crippen LogP contribution in [0.15, 0.2) is 54.6 Å². The molecule has 0 unspecified atom stereocenters. The first-order valence-electron chi connectivity index (χ1n) is 26.3. The molecular formula is C59H77N7O13. The van der Waals surface area contributed by atoms with Crippen LogP contribution in [-0.4, -0.2) is 119 Å². The number of anilines is 1. The van der Waals surface area contributed by atoms with Gasteiger partial charge >= 0.3 is 18.2 Å². The summed E-state index contributed by atoms with van der Waals surface area (Å²) in [6, 6.07) is 12.6. The number of amides is 5. The third kappa shape index (κ3) is 17.0. The third-order valence-corrected chi connectivity index (χ3v) is 12.9. The largest absolute Gasteiger partial charge is 0.505 e. The molecule has 1 aromatic heterocycles. The van der Waals surface area contributed by atoms with Crippen LogP contribution in [-0.2, 0) is 50.0 Å². The molecule has 4 aromatic rings. The quantitative estimate of drug-likeness (QED) is 0.0246. The second-order valence-corrected chi connectivity index (χ2v) is 22.9. The minimum atomic E-state index is -1.48. The number of rotatable bonds is 15. The fourth-order valence-corrected chi connectivity index (χ4v) is 9.09. The zero-order valence-electron chi connectivity index (χ0n) is 48.1. The van der Waals surface area contributed by atoms with Gasteiger partial charge in [0.05, 0.1) is 36.3 Å². The van der Waals surface area contributed by atoms with E-state index in [4.69, 9.17) is 28.9 Å². The summed E-state index contributed by atoms with van der Waals surface area (Å²) in [4.78, 5) is 121. The number of likely N-dealkylation sites (N-methyl/N-ethyl adjacent to an activating group) is 1. The van der Waals surface area contributed by atoms with E-state index in [1.54, 1.807) is 61.5 Å². The van der Waals surface area contributed by atoms with Crippen LogP contribution in [0.4, 0.5) is 15.3 Å². The standard InChI is InChI=1S/C59H77N7O13/c1-32-26-46(69)49(66(14)53(72)39(22-23-60-55(74)78-58(8,9)10)31-45(68)48-33(2)62-51(63-34(48)3)37-16-19-40(20-17-37)57(5,6)7)38-18-21-47(77-25-24-61-56(75)79-59(11,12)13)41(30-38)42-27-36(28-43(50(42)70)64-35(4)67)29-44(54(73)76-15)65-52(32)71/h16-21,27-28,30,32,39,44,49,70H,22-26,29,31H2,1-15H3,(H,60,74)(H,61,75)(H,64,67)(H,65,71)/t32-,39-,44+,49+/m1/s1. The summed E-state index contributed by atoms with van der Waals surface area (Å²) in [5.41, 5.74) is 1.84. The Hall–Kier alpha value is -7.90. The Kier molecular flexibility index (Phi) is 20.2. The first kappa shape index (κ1) is 61.9. The summed E-state index contributed by atoms with van der Waals surface area (Å²) < 4.78 is 22.1. The van der Waals surface area contributed by atoms with Crippen molar-refractivity contribution in [2.24, 2.45) is 11.8 Å². The summed E-state index contributed by atoms with van der Waals surface area (Å²) in [6.45, 7) is 22.4. The van der Waals surface area contributed by atoms with Crippen molar-refractivity contribution in [1.82, 2.24) is 30.8 Å². The van der Waals surface area contributed by atoms with Crippen molar-refractivity contribution in [2.45, 2.75) is 144 Å². The van der Waals surface area contributed by atoms with Gasteiger partial charge in [0.1, 0.15) is 41.4 Å². The van der Waals surface area contributed by atoms with Gasteiger partial charge in [-0.05, 0) is 108 Å². The number of esters is 1. The van der Waals surface area contributed by atoms with Gasteiger partial charge in [-0.15, -0.1) is 0 Å².